The second-order valence-corrected chi connectivity index (χ2v) is 41.8. The zero-order valence-electron chi connectivity index (χ0n) is 31.8. The minimum atomic E-state index is -3.44. The zero-order valence-corrected chi connectivity index (χ0v) is 38.8. The minimum absolute atomic E-state index is 0.0729. The molecule has 0 spiro atoms. The van der Waals surface area contributed by atoms with Gasteiger partial charge in [-0.25, -0.2) is 0 Å². The van der Waals surface area contributed by atoms with Gasteiger partial charge in [-0.05, 0) is 83.5 Å². The number of hydrogen-bond donors (Lipinski definition) is 0. The third kappa shape index (κ3) is 12.1. The fraction of sp³-hybridized carbons (Fsp3) is 0.444. The molecule has 3 rings (SSSR count). The normalized spacial score (nSPS) is 21.2. The first-order chi connectivity index (χ1) is 22.7. The maximum Gasteiger partial charge on any atom is 0.357 e. The molecular weight excluding hydrogens is 725 g/mol. The monoisotopic (exact) mass is 786 g/mol. The summed E-state index contributed by atoms with van der Waals surface area (Å²) in [5.41, 5.74) is 6.14. The van der Waals surface area contributed by atoms with Gasteiger partial charge in [0.05, 0.1) is 0 Å². The summed E-state index contributed by atoms with van der Waals surface area (Å²) in [5.74, 6) is 0. The van der Waals surface area contributed by atoms with Crippen LogP contribution in [-0.2, 0) is 25.0 Å². The highest BCUT2D eigenvalue weighted by Crippen LogP contribution is 2.47. The quantitative estimate of drug-likeness (QED) is 0.123. The molecule has 2 aliphatic rings. The molecule has 0 radical (unpaired) electrons. The Labute approximate surface area is 305 Å². The molecule has 0 aliphatic heterocycles. The summed E-state index contributed by atoms with van der Waals surface area (Å²) in [4.78, 5) is 0. The Bertz CT molecular complexity index is 1370. The summed E-state index contributed by atoms with van der Waals surface area (Å²) in [6.07, 6.45) is 19.4. The van der Waals surface area contributed by atoms with Crippen molar-refractivity contribution in [2.45, 2.75) is 95.4 Å². The van der Waals surface area contributed by atoms with Crippen LogP contribution >= 0.6 is 0 Å². The lowest BCUT2D eigenvalue weighted by atomic mass is 10.2. The van der Waals surface area contributed by atoms with Gasteiger partial charge >= 0.3 is 34.2 Å². The summed E-state index contributed by atoms with van der Waals surface area (Å²) in [6, 6.07) is 11.1. The number of benzene rings is 1. The lowest BCUT2D eigenvalue weighted by Crippen LogP contribution is -2.70. The molecule has 0 amide bonds. The fourth-order valence-corrected chi connectivity index (χ4v) is 36.5. The Balaban J connectivity index is 2.29. The molecule has 1 aromatic rings. The van der Waals surface area contributed by atoms with Crippen molar-refractivity contribution in [3.8, 4) is 0 Å². The summed E-state index contributed by atoms with van der Waals surface area (Å²) in [6.45, 7) is 34.5. The summed E-state index contributed by atoms with van der Waals surface area (Å²) >= 11 is 0. The summed E-state index contributed by atoms with van der Waals surface area (Å²) in [5, 5.41) is 1.06. The molecule has 0 saturated heterocycles. The molecule has 6 nitrogen and oxygen atoms in total. The molecule has 0 aromatic heterocycles. The van der Waals surface area contributed by atoms with Crippen LogP contribution in [0.25, 0.3) is 0 Å². The lowest BCUT2D eigenvalue weighted by Gasteiger charge is -2.51. The molecule has 0 saturated carbocycles. The van der Waals surface area contributed by atoms with Crippen molar-refractivity contribution in [1.29, 1.82) is 0 Å². The average molecular weight is 787 g/mol. The van der Waals surface area contributed by atoms with Crippen LogP contribution in [0.1, 0.15) is 12.8 Å². The molecule has 270 valence electrons. The summed E-state index contributed by atoms with van der Waals surface area (Å²) < 4.78 is 43.8. The second kappa shape index (κ2) is 17.0. The van der Waals surface area contributed by atoms with Gasteiger partial charge in [0.25, 0.3) is 0 Å². The first-order valence-electron chi connectivity index (χ1n) is 17.5. The van der Waals surface area contributed by atoms with Gasteiger partial charge in [-0.1, -0.05) is 96.0 Å². The average Bonchev–Trinajstić information content (AvgIpc) is 3.04. The van der Waals surface area contributed by atoms with Crippen molar-refractivity contribution in [2.75, 3.05) is 6.61 Å². The third-order valence-corrected chi connectivity index (χ3v) is 35.0. The van der Waals surface area contributed by atoms with E-state index in [0.717, 1.165) is 18.0 Å². The highest BCUT2D eigenvalue weighted by molar-refractivity contribution is 6.98. The predicted molar refractivity (Wildman–Crippen MR) is 225 cm³/mol. The van der Waals surface area contributed by atoms with E-state index in [0.29, 0.717) is 12.7 Å². The van der Waals surface area contributed by atoms with Crippen molar-refractivity contribution < 1.29 is 25.0 Å². The van der Waals surface area contributed by atoms with Gasteiger partial charge in [-0.3, -0.25) is 0 Å². The van der Waals surface area contributed by atoms with E-state index < -0.39 is 59.2 Å². The van der Waals surface area contributed by atoms with Gasteiger partial charge in [0.1, 0.15) is 0 Å². The highest BCUT2D eigenvalue weighted by atomic mass is 28.5. The SMILES string of the molecule is C=C[Si](C)(C)O[Si](C)(C)OCC[Si](O[Si](C)(C)O[Si](C)(C)C=C)(O[Si](O[Si](C)(C)C=C)(C1C=CC=CC1)C1C=CC=CC1)c1ccccc1. The minimum Gasteiger partial charge on any atom is -0.433 e. The van der Waals surface area contributed by atoms with E-state index in [2.05, 4.69) is 164 Å². The molecule has 13 heteroatoms. The van der Waals surface area contributed by atoms with Crippen LogP contribution in [0.5, 0.6) is 0 Å². The van der Waals surface area contributed by atoms with Crippen LogP contribution in [0.3, 0.4) is 0 Å². The van der Waals surface area contributed by atoms with Gasteiger partial charge in [0.2, 0.25) is 0 Å². The van der Waals surface area contributed by atoms with Gasteiger partial charge in [-0.15, -0.1) is 19.7 Å². The zero-order chi connectivity index (χ0) is 36.6. The van der Waals surface area contributed by atoms with E-state index in [-0.39, 0.29) is 11.1 Å². The standard InChI is InChI=1S/C36H62O6Si7/c1-14-43(4,5)38-46(10,11)37-32-33-48(34-26-20-17-21-27-34,41-47(12,13)39-44(6,7)15-2)42-49(40-45(8,9)16-3,35-28-22-18-23-29-35)36-30-24-19-25-31-36/h14-28,30,35-36H,1-3,29,31-33H2,4-13H3. The van der Waals surface area contributed by atoms with E-state index >= 15 is 0 Å². The first-order valence-corrected chi connectivity index (χ1v) is 36.1. The Morgan fingerprint density at radius 3 is 1.51 bits per heavy atom. The van der Waals surface area contributed by atoms with E-state index in [1.54, 1.807) is 0 Å². The predicted octanol–water partition coefficient (Wildman–Crippen LogP) is 9.84. The maximum atomic E-state index is 8.13. The van der Waals surface area contributed by atoms with Crippen LogP contribution in [0.4, 0.5) is 0 Å². The molecule has 2 aliphatic carbocycles. The van der Waals surface area contributed by atoms with Crippen molar-refractivity contribution >= 4 is 64.4 Å². The molecule has 0 fully saturated rings. The van der Waals surface area contributed by atoms with Crippen LogP contribution in [0, 0.1) is 0 Å². The van der Waals surface area contributed by atoms with E-state index in [1.165, 1.54) is 0 Å². The van der Waals surface area contributed by atoms with Crippen molar-refractivity contribution in [2.24, 2.45) is 0 Å². The molecular formula is C36H62O6Si7. The molecule has 3 atom stereocenters. The lowest BCUT2D eigenvalue weighted by molar-refractivity contribution is 0.239. The summed E-state index contributed by atoms with van der Waals surface area (Å²) in [7, 11) is -18.7. The van der Waals surface area contributed by atoms with Gasteiger partial charge in [0.15, 0.2) is 25.0 Å². The molecule has 49 heavy (non-hydrogen) atoms. The molecule has 0 heterocycles. The van der Waals surface area contributed by atoms with Crippen LogP contribution in [0.2, 0.25) is 82.6 Å². The first kappa shape index (κ1) is 42.1. The highest BCUT2D eigenvalue weighted by Gasteiger charge is 2.60. The molecule has 0 N–H and O–H groups in total. The van der Waals surface area contributed by atoms with Crippen LogP contribution in [0.15, 0.2) is 116 Å². The third-order valence-electron chi connectivity index (χ3n) is 8.74. The number of allylic oxidation sites excluding steroid dienone is 8. The van der Waals surface area contributed by atoms with Gasteiger partial charge < -0.3 is 25.0 Å². The van der Waals surface area contributed by atoms with Crippen molar-refractivity contribution in [1.82, 2.24) is 0 Å². The smallest absolute Gasteiger partial charge is 0.357 e. The van der Waals surface area contributed by atoms with Crippen molar-refractivity contribution in [3.05, 3.63) is 116 Å². The van der Waals surface area contributed by atoms with Crippen LogP contribution < -0.4 is 5.19 Å². The Kier molecular flexibility index (Phi) is 14.6. The molecule has 1 aromatic carbocycles. The molecule has 3 unspecified atom stereocenters. The van der Waals surface area contributed by atoms with Crippen molar-refractivity contribution in [3.63, 3.8) is 0 Å². The van der Waals surface area contributed by atoms with Crippen LogP contribution in [-0.4, -0.2) is 65.8 Å². The largest absolute Gasteiger partial charge is 0.433 e. The Morgan fingerprint density at radius 1 is 0.592 bits per heavy atom. The molecule has 0 bridgehead atoms. The topological polar surface area (TPSA) is 55.4 Å². The second-order valence-electron chi connectivity index (χ2n) is 15.5. The van der Waals surface area contributed by atoms with Gasteiger partial charge in [0, 0.05) is 23.7 Å². The maximum absolute atomic E-state index is 8.13. The van der Waals surface area contributed by atoms with E-state index in [9.17, 15) is 0 Å². The number of hydrogen-bond acceptors (Lipinski definition) is 6. The van der Waals surface area contributed by atoms with E-state index in [1.807, 2.05) is 17.1 Å². The Hall–Kier alpha value is -1.32. The Morgan fingerprint density at radius 2 is 1.06 bits per heavy atom. The fourth-order valence-electron chi connectivity index (χ4n) is 6.37. The number of rotatable bonds is 20. The van der Waals surface area contributed by atoms with Gasteiger partial charge in [-0.2, -0.15) is 0 Å². The van der Waals surface area contributed by atoms with E-state index in [4.69, 9.17) is 25.0 Å².